The van der Waals surface area contributed by atoms with Crippen molar-refractivity contribution >= 4 is 22.5 Å². The maximum Gasteiger partial charge on any atom is 0.280 e. The number of halogens is 1. The lowest BCUT2D eigenvalue weighted by molar-refractivity contribution is 0.101. The number of carbonyl (C=O) groups excluding carboxylic acids is 1. The number of aryl methyl sites for hydroxylation is 1. The second kappa shape index (κ2) is 7.07. The van der Waals surface area contributed by atoms with Gasteiger partial charge in [0.15, 0.2) is 5.69 Å². The molecule has 1 amide bonds. The largest absolute Gasteiger partial charge is 0.318 e. The van der Waals surface area contributed by atoms with Crippen LogP contribution in [0.2, 0.25) is 0 Å². The molecule has 0 saturated carbocycles. The summed E-state index contributed by atoms with van der Waals surface area (Å²) in [7, 11) is 1.68. The van der Waals surface area contributed by atoms with Gasteiger partial charge in [0.05, 0.1) is 23.9 Å². The highest BCUT2D eigenvalue weighted by molar-refractivity contribution is 6.04. The summed E-state index contributed by atoms with van der Waals surface area (Å²) >= 11 is 0. The third-order valence-electron chi connectivity index (χ3n) is 4.33. The van der Waals surface area contributed by atoms with Gasteiger partial charge in [-0.1, -0.05) is 24.3 Å². The van der Waals surface area contributed by atoms with Crippen molar-refractivity contribution in [1.29, 1.82) is 0 Å². The number of fused-ring (bicyclic) bond motifs is 1. The number of carbonyl (C=O) groups is 1. The molecule has 0 fully saturated rings. The molecule has 2 aromatic carbocycles. The maximum absolute atomic E-state index is 13.0. The van der Waals surface area contributed by atoms with E-state index < -0.39 is 11.3 Å². The number of hydrogen-bond acceptors (Lipinski definition) is 4. The van der Waals surface area contributed by atoms with E-state index in [1.807, 2.05) is 0 Å². The summed E-state index contributed by atoms with van der Waals surface area (Å²) < 4.78 is 16.1. The zero-order valence-electron chi connectivity index (χ0n) is 15.0. The van der Waals surface area contributed by atoms with Crippen LogP contribution in [0.3, 0.4) is 0 Å². The molecule has 4 aromatic rings. The highest BCUT2D eigenvalue weighted by Crippen LogP contribution is 2.11. The van der Waals surface area contributed by atoms with Crippen LogP contribution in [0.4, 0.5) is 10.1 Å². The molecule has 0 saturated heterocycles. The molecular weight excluding hydrogens is 361 g/mol. The minimum absolute atomic E-state index is 0.188. The zero-order chi connectivity index (χ0) is 19.7. The summed E-state index contributed by atoms with van der Waals surface area (Å²) in [6.45, 7) is 0.423. The predicted octanol–water partition coefficient (Wildman–Crippen LogP) is 2.57. The minimum atomic E-state index is -0.604. The molecule has 7 nitrogen and oxygen atoms in total. The molecule has 140 valence electrons. The van der Waals surface area contributed by atoms with Gasteiger partial charge < -0.3 is 5.32 Å². The van der Waals surface area contributed by atoms with Crippen molar-refractivity contribution in [2.24, 2.45) is 7.05 Å². The van der Waals surface area contributed by atoms with Crippen LogP contribution in [-0.4, -0.2) is 25.5 Å². The van der Waals surface area contributed by atoms with Gasteiger partial charge in [-0.3, -0.25) is 19.0 Å². The Labute approximate surface area is 159 Å². The monoisotopic (exact) mass is 377 g/mol. The average Bonchev–Trinajstić information content (AvgIpc) is 3.13. The summed E-state index contributed by atoms with van der Waals surface area (Å²) in [5.74, 6) is -0.908. The van der Waals surface area contributed by atoms with Crippen LogP contribution in [0, 0.1) is 5.82 Å². The number of aromatic nitrogens is 4. The van der Waals surface area contributed by atoms with E-state index >= 15 is 0 Å². The first-order valence-electron chi connectivity index (χ1n) is 8.55. The Bertz CT molecular complexity index is 1230. The maximum atomic E-state index is 13.0. The number of para-hydroxylation sites is 1. The Morgan fingerprint density at radius 3 is 2.68 bits per heavy atom. The van der Waals surface area contributed by atoms with E-state index in [0.717, 1.165) is 5.56 Å². The molecule has 0 bridgehead atoms. The van der Waals surface area contributed by atoms with Crippen LogP contribution < -0.4 is 10.7 Å². The Morgan fingerprint density at radius 1 is 1.14 bits per heavy atom. The van der Waals surface area contributed by atoms with Gasteiger partial charge in [0.1, 0.15) is 5.82 Å². The van der Waals surface area contributed by atoms with Crippen molar-refractivity contribution in [2.75, 3.05) is 5.32 Å². The van der Waals surface area contributed by atoms with Gasteiger partial charge in [-0.2, -0.15) is 10.2 Å². The Balaban J connectivity index is 1.55. The number of amides is 1. The fraction of sp³-hybridized carbons (Fsp3) is 0.100. The quantitative estimate of drug-likeness (QED) is 0.593. The van der Waals surface area contributed by atoms with Crippen molar-refractivity contribution in [3.8, 4) is 0 Å². The predicted molar refractivity (Wildman–Crippen MR) is 103 cm³/mol. The molecule has 2 aromatic heterocycles. The van der Waals surface area contributed by atoms with E-state index in [1.165, 1.54) is 23.0 Å². The van der Waals surface area contributed by atoms with Crippen LogP contribution in [0.15, 0.2) is 65.7 Å². The molecular formula is C20H16FN5O2. The Kier molecular flexibility index (Phi) is 4.44. The Hall–Kier alpha value is -3.81. The number of anilines is 1. The van der Waals surface area contributed by atoms with Crippen molar-refractivity contribution in [3.63, 3.8) is 0 Å². The lowest BCUT2D eigenvalue weighted by Crippen LogP contribution is -2.26. The van der Waals surface area contributed by atoms with Crippen LogP contribution in [0.5, 0.6) is 0 Å². The van der Waals surface area contributed by atoms with Gasteiger partial charge >= 0.3 is 0 Å². The van der Waals surface area contributed by atoms with E-state index in [9.17, 15) is 14.0 Å². The molecule has 0 aliphatic rings. The summed E-state index contributed by atoms with van der Waals surface area (Å²) in [5, 5.41) is 11.4. The molecule has 28 heavy (non-hydrogen) atoms. The molecule has 0 aliphatic heterocycles. The number of benzene rings is 2. The van der Waals surface area contributed by atoms with Crippen LogP contribution >= 0.6 is 0 Å². The smallest absolute Gasteiger partial charge is 0.280 e. The van der Waals surface area contributed by atoms with Gasteiger partial charge in [0.25, 0.3) is 5.91 Å². The van der Waals surface area contributed by atoms with E-state index in [1.54, 1.807) is 54.3 Å². The molecule has 0 unspecified atom stereocenters. The van der Waals surface area contributed by atoms with E-state index in [2.05, 4.69) is 15.5 Å². The topological polar surface area (TPSA) is 81.8 Å². The van der Waals surface area contributed by atoms with Crippen molar-refractivity contribution < 1.29 is 9.18 Å². The Morgan fingerprint density at radius 2 is 1.89 bits per heavy atom. The molecule has 0 atom stereocenters. The first kappa shape index (κ1) is 17.6. The number of rotatable bonds is 4. The second-order valence-corrected chi connectivity index (χ2v) is 6.33. The van der Waals surface area contributed by atoms with Gasteiger partial charge in [-0.05, 0) is 29.8 Å². The third kappa shape index (κ3) is 3.39. The van der Waals surface area contributed by atoms with Gasteiger partial charge in [0.2, 0.25) is 5.43 Å². The number of hydrogen-bond donors (Lipinski definition) is 1. The number of nitrogens with one attached hydrogen (secondary N) is 1. The molecule has 2 heterocycles. The third-order valence-corrected chi connectivity index (χ3v) is 4.33. The first-order chi connectivity index (χ1) is 13.5. The second-order valence-electron chi connectivity index (χ2n) is 6.33. The lowest BCUT2D eigenvalue weighted by atomic mass is 10.2. The van der Waals surface area contributed by atoms with Gasteiger partial charge in [0, 0.05) is 18.6 Å². The molecule has 1 N–H and O–H groups in total. The van der Waals surface area contributed by atoms with Crippen molar-refractivity contribution in [1.82, 2.24) is 19.6 Å². The first-order valence-corrected chi connectivity index (χ1v) is 8.55. The molecule has 0 spiro atoms. The van der Waals surface area contributed by atoms with E-state index in [4.69, 9.17) is 0 Å². The SMILES string of the molecule is Cn1nc(C(=O)Nc2cnn(Cc3ccc(F)cc3)c2)c(=O)c2ccccc21. The molecule has 4 rings (SSSR count). The van der Waals surface area contributed by atoms with Gasteiger partial charge in [-0.15, -0.1) is 0 Å². The van der Waals surface area contributed by atoms with Gasteiger partial charge in [-0.25, -0.2) is 4.39 Å². The normalized spacial score (nSPS) is 10.9. The van der Waals surface area contributed by atoms with E-state index in [-0.39, 0.29) is 11.5 Å². The van der Waals surface area contributed by atoms with Crippen LogP contribution in [-0.2, 0) is 13.6 Å². The zero-order valence-corrected chi connectivity index (χ0v) is 15.0. The molecule has 0 radical (unpaired) electrons. The summed E-state index contributed by atoms with van der Waals surface area (Å²) in [6.07, 6.45) is 3.11. The summed E-state index contributed by atoms with van der Waals surface area (Å²) in [6, 6.07) is 13.1. The van der Waals surface area contributed by atoms with Crippen LogP contribution in [0.25, 0.3) is 10.9 Å². The highest BCUT2D eigenvalue weighted by Gasteiger charge is 2.17. The summed E-state index contributed by atoms with van der Waals surface area (Å²) in [4.78, 5) is 25.2. The van der Waals surface area contributed by atoms with E-state index in [0.29, 0.717) is 23.1 Å². The molecule has 8 heteroatoms. The van der Waals surface area contributed by atoms with Crippen LogP contribution in [0.1, 0.15) is 16.1 Å². The fourth-order valence-corrected chi connectivity index (χ4v) is 2.95. The highest BCUT2D eigenvalue weighted by atomic mass is 19.1. The fourth-order valence-electron chi connectivity index (χ4n) is 2.95. The summed E-state index contributed by atoms with van der Waals surface area (Å²) in [5.41, 5.74) is 1.34. The number of nitrogens with zero attached hydrogens (tertiary/aromatic N) is 4. The van der Waals surface area contributed by atoms with Crippen molar-refractivity contribution in [3.05, 3.63) is 88.2 Å². The molecule has 0 aliphatic carbocycles. The van der Waals surface area contributed by atoms with Crippen molar-refractivity contribution in [2.45, 2.75) is 6.54 Å². The standard InChI is InChI=1S/C20H16FN5O2/c1-25-17-5-3-2-4-16(17)19(27)18(24-25)20(28)23-15-10-22-26(12-15)11-13-6-8-14(21)9-7-13/h2-10,12H,11H2,1H3,(H,23,28). The average molecular weight is 377 g/mol. The lowest BCUT2D eigenvalue weighted by Gasteiger charge is -2.07. The minimum Gasteiger partial charge on any atom is -0.318 e.